The number of alkyl halides is 2. The standard InChI is InChI=1S/C22H19F2N5O2.C3H6/c23-22(24)30-19-2-1-13(8-20(19)31-22)18-11-27-21-17(18)7-14(9-26-21)15-10-28-29(12-15)16-3-5-25-6-4-16;1-3-2/h1-2,7-12,16,25H,3-6H2,(H,26,27);3H,1H2,2H3. The maximum Gasteiger partial charge on any atom is 0.586 e. The number of piperidine rings is 1. The SMILES string of the molecule is C=CC.FC1(F)Oc2ccc(-c3c[nH]c4ncc(-c5cnn(C6CCNCC6)c5)cc34)cc2O1. The van der Waals surface area contributed by atoms with E-state index in [9.17, 15) is 8.78 Å². The summed E-state index contributed by atoms with van der Waals surface area (Å²) in [5.74, 6) is 0.0435. The highest BCUT2D eigenvalue weighted by Crippen LogP contribution is 2.44. The summed E-state index contributed by atoms with van der Waals surface area (Å²) in [6, 6.07) is 7.22. The van der Waals surface area contributed by atoms with Gasteiger partial charge >= 0.3 is 6.29 Å². The number of ether oxygens (including phenoxy) is 2. The fourth-order valence-corrected chi connectivity index (χ4v) is 4.27. The molecule has 0 saturated carbocycles. The summed E-state index contributed by atoms with van der Waals surface area (Å²) in [6.07, 6.45) is 7.79. The predicted octanol–water partition coefficient (Wildman–Crippen LogP) is 5.53. The highest BCUT2D eigenvalue weighted by atomic mass is 19.3. The molecule has 7 nitrogen and oxygen atoms in total. The Morgan fingerprint density at radius 2 is 1.85 bits per heavy atom. The Labute approximate surface area is 195 Å². The van der Waals surface area contributed by atoms with E-state index in [-0.39, 0.29) is 11.5 Å². The quantitative estimate of drug-likeness (QED) is 0.389. The molecule has 1 aromatic carbocycles. The van der Waals surface area contributed by atoms with Crippen molar-refractivity contribution in [2.45, 2.75) is 32.1 Å². The van der Waals surface area contributed by atoms with Crippen LogP contribution in [-0.2, 0) is 0 Å². The first-order chi connectivity index (χ1) is 16.5. The molecule has 176 valence electrons. The summed E-state index contributed by atoms with van der Waals surface area (Å²) in [5, 5.41) is 8.83. The number of fused-ring (bicyclic) bond motifs is 2. The van der Waals surface area contributed by atoms with Crippen LogP contribution in [0, 0.1) is 0 Å². The number of pyridine rings is 1. The van der Waals surface area contributed by atoms with Gasteiger partial charge in [-0.05, 0) is 56.6 Å². The molecule has 0 atom stereocenters. The van der Waals surface area contributed by atoms with Crippen molar-refractivity contribution in [3.63, 3.8) is 0 Å². The molecule has 9 heteroatoms. The van der Waals surface area contributed by atoms with Crippen LogP contribution in [0.1, 0.15) is 25.8 Å². The Morgan fingerprint density at radius 3 is 2.65 bits per heavy atom. The second kappa shape index (κ2) is 8.90. The average Bonchev–Trinajstić information content (AvgIpc) is 3.55. The van der Waals surface area contributed by atoms with Crippen LogP contribution < -0.4 is 14.8 Å². The number of aromatic amines is 1. The van der Waals surface area contributed by atoms with Crippen LogP contribution in [0.2, 0.25) is 0 Å². The summed E-state index contributed by atoms with van der Waals surface area (Å²) < 4.78 is 37.9. The van der Waals surface area contributed by atoms with Crippen LogP contribution in [0.25, 0.3) is 33.3 Å². The first-order valence-electron chi connectivity index (χ1n) is 11.2. The molecule has 1 saturated heterocycles. The lowest BCUT2D eigenvalue weighted by Gasteiger charge is -2.22. The Kier molecular flexibility index (Phi) is 5.79. The minimum absolute atomic E-state index is 0.0178. The molecule has 0 amide bonds. The average molecular weight is 466 g/mol. The second-order valence-corrected chi connectivity index (χ2v) is 8.25. The monoisotopic (exact) mass is 465 g/mol. The van der Waals surface area contributed by atoms with Crippen LogP contribution in [0.5, 0.6) is 11.5 Å². The lowest BCUT2D eigenvalue weighted by molar-refractivity contribution is -0.286. The van der Waals surface area contributed by atoms with E-state index in [0.717, 1.165) is 53.6 Å². The van der Waals surface area contributed by atoms with Crippen molar-refractivity contribution in [2.75, 3.05) is 13.1 Å². The fraction of sp³-hybridized carbons (Fsp3) is 0.280. The number of H-pyrrole nitrogens is 1. The third-order valence-electron chi connectivity index (χ3n) is 5.86. The zero-order valence-electron chi connectivity index (χ0n) is 18.7. The van der Waals surface area contributed by atoms with Gasteiger partial charge in [0.2, 0.25) is 0 Å². The van der Waals surface area contributed by atoms with Gasteiger partial charge < -0.3 is 19.8 Å². The molecule has 6 rings (SSSR count). The van der Waals surface area contributed by atoms with Crippen molar-refractivity contribution >= 4 is 11.0 Å². The lowest BCUT2D eigenvalue weighted by Crippen LogP contribution is -2.29. The van der Waals surface area contributed by atoms with E-state index in [1.54, 1.807) is 18.2 Å². The summed E-state index contributed by atoms with van der Waals surface area (Å²) in [5.41, 5.74) is 4.23. The number of benzene rings is 1. The summed E-state index contributed by atoms with van der Waals surface area (Å²) in [7, 11) is 0. The smallest absolute Gasteiger partial charge is 0.395 e. The molecule has 2 aliphatic heterocycles. The first kappa shape index (κ1) is 22.1. The zero-order valence-corrected chi connectivity index (χ0v) is 18.7. The molecule has 2 aliphatic rings. The van der Waals surface area contributed by atoms with Crippen molar-refractivity contribution < 1.29 is 18.3 Å². The van der Waals surface area contributed by atoms with Gasteiger partial charge in [0.25, 0.3) is 0 Å². The van der Waals surface area contributed by atoms with Gasteiger partial charge in [-0.3, -0.25) is 4.68 Å². The number of hydrogen-bond donors (Lipinski definition) is 2. The number of allylic oxidation sites excluding steroid dienone is 1. The number of nitrogens with zero attached hydrogens (tertiary/aromatic N) is 3. The van der Waals surface area contributed by atoms with Gasteiger partial charge in [0.15, 0.2) is 11.5 Å². The highest BCUT2D eigenvalue weighted by Gasteiger charge is 2.43. The van der Waals surface area contributed by atoms with Gasteiger partial charge in [0.1, 0.15) is 5.65 Å². The minimum Gasteiger partial charge on any atom is -0.395 e. The van der Waals surface area contributed by atoms with E-state index in [4.69, 9.17) is 0 Å². The number of halogens is 2. The van der Waals surface area contributed by atoms with Gasteiger partial charge in [-0.25, -0.2) is 4.98 Å². The van der Waals surface area contributed by atoms with Gasteiger partial charge in [-0.15, -0.1) is 15.4 Å². The van der Waals surface area contributed by atoms with E-state index in [1.165, 1.54) is 6.07 Å². The number of aromatic nitrogens is 4. The molecule has 1 fully saturated rings. The molecule has 0 unspecified atom stereocenters. The highest BCUT2D eigenvalue weighted by molar-refractivity contribution is 5.96. The van der Waals surface area contributed by atoms with Crippen molar-refractivity contribution in [3.05, 3.63) is 61.7 Å². The number of nitrogens with one attached hydrogen (secondary N) is 2. The summed E-state index contributed by atoms with van der Waals surface area (Å²) in [4.78, 5) is 7.69. The largest absolute Gasteiger partial charge is 0.586 e. The van der Waals surface area contributed by atoms with Crippen LogP contribution in [0.4, 0.5) is 8.78 Å². The number of rotatable bonds is 3. The summed E-state index contributed by atoms with van der Waals surface area (Å²) >= 11 is 0. The maximum absolute atomic E-state index is 13.4. The van der Waals surface area contributed by atoms with E-state index in [1.807, 2.05) is 36.3 Å². The van der Waals surface area contributed by atoms with Crippen molar-refractivity contribution in [1.82, 2.24) is 25.1 Å². The molecule has 0 aliphatic carbocycles. The first-order valence-corrected chi connectivity index (χ1v) is 11.2. The van der Waals surface area contributed by atoms with E-state index in [2.05, 4.69) is 42.6 Å². The van der Waals surface area contributed by atoms with E-state index < -0.39 is 6.29 Å². The summed E-state index contributed by atoms with van der Waals surface area (Å²) in [6.45, 7) is 7.25. The molecule has 5 heterocycles. The Balaban J connectivity index is 0.000000764. The Morgan fingerprint density at radius 1 is 1.09 bits per heavy atom. The molecule has 3 aromatic heterocycles. The van der Waals surface area contributed by atoms with E-state index in [0.29, 0.717) is 11.7 Å². The molecule has 2 N–H and O–H groups in total. The zero-order chi connectivity index (χ0) is 23.7. The molecule has 0 bridgehead atoms. The molecule has 0 radical (unpaired) electrons. The lowest BCUT2D eigenvalue weighted by atomic mass is 10.0. The molecule has 34 heavy (non-hydrogen) atoms. The van der Waals surface area contributed by atoms with Crippen molar-refractivity contribution in [3.8, 4) is 33.8 Å². The Hall–Kier alpha value is -3.72. The Bertz CT molecular complexity index is 1320. The molecule has 0 spiro atoms. The van der Waals surface area contributed by atoms with Gasteiger partial charge in [0.05, 0.1) is 12.2 Å². The van der Waals surface area contributed by atoms with Crippen molar-refractivity contribution in [1.29, 1.82) is 0 Å². The van der Waals surface area contributed by atoms with Gasteiger partial charge in [0, 0.05) is 40.7 Å². The van der Waals surface area contributed by atoms with Crippen LogP contribution >= 0.6 is 0 Å². The third kappa shape index (κ3) is 4.26. The molecule has 4 aromatic rings. The third-order valence-corrected chi connectivity index (χ3v) is 5.86. The second-order valence-electron chi connectivity index (χ2n) is 8.25. The molecular weight excluding hydrogens is 440 g/mol. The normalized spacial score (nSPS) is 16.8. The van der Waals surface area contributed by atoms with Crippen LogP contribution in [0.3, 0.4) is 0 Å². The predicted molar refractivity (Wildman–Crippen MR) is 126 cm³/mol. The van der Waals surface area contributed by atoms with Crippen LogP contribution in [-0.4, -0.2) is 39.1 Å². The maximum atomic E-state index is 13.4. The van der Waals surface area contributed by atoms with E-state index >= 15 is 0 Å². The van der Waals surface area contributed by atoms with Gasteiger partial charge in [-0.2, -0.15) is 5.10 Å². The van der Waals surface area contributed by atoms with Crippen LogP contribution in [0.15, 0.2) is 61.7 Å². The van der Waals surface area contributed by atoms with Gasteiger partial charge in [-0.1, -0.05) is 12.1 Å². The molecular formula is C25H25F2N5O2. The fourth-order valence-electron chi connectivity index (χ4n) is 4.27. The minimum atomic E-state index is -3.63. The number of hydrogen-bond acceptors (Lipinski definition) is 5. The topological polar surface area (TPSA) is 77.0 Å². The van der Waals surface area contributed by atoms with Crippen molar-refractivity contribution in [2.24, 2.45) is 0 Å².